The molecule has 2 rings (SSSR count). The lowest BCUT2D eigenvalue weighted by Gasteiger charge is -2.14. The van der Waals surface area contributed by atoms with E-state index in [-0.39, 0.29) is 0 Å². The maximum absolute atomic E-state index is 6.20. The number of halogens is 2. The molecule has 2 aromatic rings. The van der Waals surface area contributed by atoms with Crippen LogP contribution in [0.2, 0.25) is 5.02 Å². The van der Waals surface area contributed by atoms with E-state index in [9.17, 15) is 0 Å². The van der Waals surface area contributed by atoms with E-state index in [1.165, 1.54) is 0 Å². The zero-order chi connectivity index (χ0) is 15.2. The molecule has 5 heteroatoms. The van der Waals surface area contributed by atoms with Gasteiger partial charge in [-0.05, 0) is 43.3 Å². The molecule has 2 aromatic carbocycles. The molecular weight excluding hydrogens is 354 g/mol. The minimum Gasteiger partial charge on any atom is -0.497 e. The van der Waals surface area contributed by atoms with E-state index in [1.54, 1.807) is 7.11 Å². The highest BCUT2D eigenvalue weighted by Gasteiger charge is 2.09. The summed E-state index contributed by atoms with van der Waals surface area (Å²) in [6.07, 6.45) is 0.689. The van der Waals surface area contributed by atoms with Crippen LogP contribution < -0.4 is 15.2 Å². The number of nitrogens with two attached hydrogens (primary N) is 1. The van der Waals surface area contributed by atoms with Gasteiger partial charge in [0, 0.05) is 20.6 Å². The Balaban J connectivity index is 2.18. The predicted molar refractivity (Wildman–Crippen MR) is 89.2 cm³/mol. The lowest BCUT2D eigenvalue weighted by molar-refractivity contribution is 0.301. The van der Waals surface area contributed by atoms with Crippen LogP contribution in [0.4, 0.5) is 0 Å². The molecule has 3 nitrogen and oxygen atoms in total. The average Bonchev–Trinajstić information content (AvgIpc) is 2.49. The molecule has 0 saturated carbocycles. The fraction of sp³-hybridized carbons (Fsp3) is 0.250. The van der Waals surface area contributed by atoms with Gasteiger partial charge in [0.25, 0.3) is 0 Å². The summed E-state index contributed by atoms with van der Waals surface area (Å²) in [6.45, 7) is 0.957. The topological polar surface area (TPSA) is 44.5 Å². The zero-order valence-electron chi connectivity index (χ0n) is 11.7. The highest BCUT2D eigenvalue weighted by Crippen LogP contribution is 2.29. The van der Waals surface area contributed by atoms with Gasteiger partial charge in [0.15, 0.2) is 0 Å². The lowest BCUT2D eigenvalue weighted by Crippen LogP contribution is -2.06. The van der Waals surface area contributed by atoms with Crippen molar-refractivity contribution in [2.24, 2.45) is 5.73 Å². The Morgan fingerprint density at radius 1 is 1.24 bits per heavy atom. The second-order valence-corrected chi connectivity index (χ2v) is 5.76. The molecule has 0 saturated heterocycles. The smallest absolute Gasteiger partial charge is 0.124 e. The van der Waals surface area contributed by atoms with Crippen molar-refractivity contribution >= 4 is 27.5 Å². The molecule has 0 unspecified atom stereocenters. The number of rotatable bonds is 6. The van der Waals surface area contributed by atoms with Crippen LogP contribution in [0.5, 0.6) is 11.5 Å². The Hall–Kier alpha value is -1.23. The molecule has 0 spiro atoms. The molecule has 0 atom stereocenters. The monoisotopic (exact) mass is 369 g/mol. The molecular formula is C16H17BrClNO2. The van der Waals surface area contributed by atoms with Crippen LogP contribution in [0.15, 0.2) is 40.9 Å². The van der Waals surface area contributed by atoms with E-state index < -0.39 is 0 Å². The molecule has 0 radical (unpaired) electrons. The van der Waals surface area contributed by atoms with Crippen LogP contribution in [0.3, 0.4) is 0 Å². The summed E-state index contributed by atoms with van der Waals surface area (Å²) in [4.78, 5) is 0. The van der Waals surface area contributed by atoms with E-state index in [0.717, 1.165) is 27.1 Å². The van der Waals surface area contributed by atoms with Crippen molar-refractivity contribution in [1.29, 1.82) is 0 Å². The summed E-state index contributed by atoms with van der Waals surface area (Å²) in [5.74, 6) is 1.56. The fourth-order valence-corrected chi connectivity index (χ4v) is 2.63. The van der Waals surface area contributed by atoms with Gasteiger partial charge < -0.3 is 15.2 Å². The molecule has 0 bridgehead atoms. The normalized spacial score (nSPS) is 10.5. The minimum absolute atomic E-state index is 0.426. The third-order valence-electron chi connectivity index (χ3n) is 3.11. The number of hydrogen-bond acceptors (Lipinski definition) is 3. The van der Waals surface area contributed by atoms with Crippen LogP contribution >= 0.6 is 27.5 Å². The van der Waals surface area contributed by atoms with Gasteiger partial charge in [-0.25, -0.2) is 0 Å². The summed E-state index contributed by atoms with van der Waals surface area (Å²) in [5, 5.41) is 0.683. The Bertz CT molecular complexity index is 619. The number of ether oxygens (including phenoxy) is 2. The van der Waals surface area contributed by atoms with E-state index in [1.807, 2.05) is 36.4 Å². The molecule has 2 N–H and O–H groups in total. The first-order valence-electron chi connectivity index (χ1n) is 6.58. The molecule has 21 heavy (non-hydrogen) atoms. The van der Waals surface area contributed by atoms with Crippen LogP contribution in [0.25, 0.3) is 0 Å². The third-order valence-corrected chi connectivity index (χ3v) is 4.23. The SMILES string of the molecule is COc1ccc(Br)c(COc2cccc(Cl)c2CCN)c1. The molecule has 0 aliphatic carbocycles. The second kappa shape index (κ2) is 7.69. The largest absolute Gasteiger partial charge is 0.497 e. The molecule has 0 aromatic heterocycles. The Labute approximate surface area is 138 Å². The van der Waals surface area contributed by atoms with Gasteiger partial charge in [-0.15, -0.1) is 0 Å². The summed E-state index contributed by atoms with van der Waals surface area (Å²) < 4.78 is 12.1. The molecule has 0 aliphatic rings. The predicted octanol–water partition coefficient (Wildman–Crippen LogP) is 4.19. The number of methoxy groups -OCH3 is 1. The summed E-state index contributed by atoms with van der Waals surface area (Å²) >= 11 is 9.72. The van der Waals surface area contributed by atoms with Gasteiger partial charge in [-0.3, -0.25) is 0 Å². The first kappa shape index (κ1) is 16.1. The van der Waals surface area contributed by atoms with Crippen LogP contribution in [0, 0.1) is 0 Å². The van der Waals surface area contributed by atoms with Gasteiger partial charge in [0.2, 0.25) is 0 Å². The first-order chi connectivity index (χ1) is 10.2. The fourth-order valence-electron chi connectivity index (χ4n) is 2.01. The van der Waals surface area contributed by atoms with Gasteiger partial charge in [-0.1, -0.05) is 33.6 Å². The van der Waals surface area contributed by atoms with Crippen LogP contribution in [-0.4, -0.2) is 13.7 Å². The maximum Gasteiger partial charge on any atom is 0.124 e. The highest BCUT2D eigenvalue weighted by molar-refractivity contribution is 9.10. The highest BCUT2D eigenvalue weighted by atomic mass is 79.9. The van der Waals surface area contributed by atoms with Crippen LogP contribution in [0.1, 0.15) is 11.1 Å². The second-order valence-electron chi connectivity index (χ2n) is 4.50. The Morgan fingerprint density at radius 2 is 2.05 bits per heavy atom. The summed E-state index contributed by atoms with van der Waals surface area (Å²) in [5.41, 5.74) is 7.58. The lowest BCUT2D eigenvalue weighted by atomic mass is 10.1. The minimum atomic E-state index is 0.426. The maximum atomic E-state index is 6.20. The first-order valence-corrected chi connectivity index (χ1v) is 7.75. The van der Waals surface area contributed by atoms with Crippen molar-refractivity contribution in [3.8, 4) is 11.5 Å². The molecule has 112 valence electrons. The van der Waals surface area contributed by atoms with Gasteiger partial charge >= 0.3 is 0 Å². The summed E-state index contributed by atoms with van der Waals surface area (Å²) in [7, 11) is 1.64. The van der Waals surface area contributed by atoms with Crippen molar-refractivity contribution < 1.29 is 9.47 Å². The van der Waals surface area contributed by atoms with Crippen LogP contribution in [-0.2, 0) is 13.0 Å². The molecule has 0 fully saturated rings. The Morgan fingerprint density at radius 3 is 2.76 bits per heavy atom. The van der Waals surface area contributed by atoms with E-state index in [4.69, 9.17) is 26.8 Å². The average molecular weight is 371 g/mol. The van der Waals surface area contributed by atoms with Gasteiger partial charge in [-0.2, -0.15) is 0 Å². The molecule has 0 amide bonds. The third kappa shape index (κ3) is 4.13. The summed E-state index contributed by atoms with van der Waals surface area (Å²) in [6, 6.07) is 11.4. The molecule has 0 heterocycles. The molecule has 0 aliphatic heterocycles. The van der Waals surface area contributed by atoms with E-state index >= 15 is 0 Å². The van der Waals surface area contributed by atoms with Crippen molar-refractivity contribution in [2.75, 3.05) is 13.7 Å². The Kier molecular flexibility index (Phi) is 5.91. The van der Waals surface area contributed by atoms with E-state index in [2.05, 4.69) is 15.9 Å². The van der Waals surface area contributed by atoms with Crippen molar-refractivity contribution in [3.05, 3.63) is 57.0 Å². The number of benzene rings is 2. The quantitative estimate of drug-likeness (QED) is 0.829. The van der Waals surface area contributed by atoms with E-state index in [0.29, 0.717) is 24.6 Å². The standard InChI is InChI=1S/C16H17BrClNO2/c1-20-12-5-6-14(17)11(9-12)10-21-16-4-2-3-15(18)13(16)7-8-19/h2-6,9H,7-8,10,19H2,1H3. The van der Waals surface area contributed by atoms with Gasteiger partial charge in [0.1, 0.15) is 18.1 Å². The van der Waals surface area contributed by atoms with Gasteiger partial charge in [0.05, 0.1) is 7.11 Å². The number of hydrogen-bond donors (Lipinski definition) is 1. The van der Waals surface area contributed by atoms with Crippen molar-refractivity contribution in [1.82, 2.24) is 0 Å². The zero-order valence-corrected chi connectivity index (χ0v) is 14.1. The van der Waals surface area contributed by atoms with Crippen molar-refractivity contribution in [2.45, 2.75) is 13.0 Å². The van der Waals surface area contributed by atoms with Crippen molar-refractivity contribution in [3.63, 3.8) is 0 Å².